The summed E-state index contributed by atoms with van der Waals surface area (Å²) >= 11 is 13.9. The van der Waals surface area contributed by atoms with E-state index >= 15 is 0 Å². The Morgan fingerprint density at radius 2 is 2.46 bits per heavy atom. The zero-order valence-electron chi connectivity index (χ0n) is 7.00. The SMILES string of the molecule is Clc1ccsc1C(Cl)C1CCOC1. The summed E-state index contributed by atoms with van der Waals surface area (Å²) in [5.41, 5.74) is 0. The number of ether oxygens (including phenoxy) is 1. The molecule has 0 spiro atoms. The van der Waals surface area contributed by atoms with Crippen LogP contribution in [0.15, 0.2) is 11.4 Å². The molecular weight excluding hydrogens is 227 g/mol. The van der Waals surface area contributed by atoms with E-state index in [0.717, 1.165) is 29.5 Å². The molecule has 0 N–H and O–H groups in total. The summed E-state index contributed by atoms with van der Waals surface area (Å²) in [6.45, 7) is 1.60. The Morgan fingerprint density at radius 3 is 3.00 bits per heavy atom. The summed E-state index contributed by atoms with van der Waals surface area (Å²) < 4.78 is 5.29. The van der Waals surface area contributed by atoms with Gasteiger partial charge in [-0.3, -0.25) is 0 Å². The average Bonchev–Trinajstić information content (AvgIpc) is 2.72. The Labute approximate surface area is 91.6 Å². The van der Waals surface area contributed by atoms with E-state index in [1.54, 1.807) is 11.3 Å². The van der Waals surface area contributed by atoms with Crippen LogP contribution < -0.4 is 0 Å². The number of hydrogen-bond donors (Lipinski definition) is 0. The summed E-state index contributed by atoms with van der Waals surface area (Å²) in [7, 11) is 0. The van der Waals surface area contributed by atoms with Crippen molar-refractivity contribution in [2.24, 2.45) is 5.92 Å². The van der Waals surface area contributed by atoms with Crippen molar-refractivity contribution in [2.45, 2.75) is 11.8 Å². The summed E-state index contributed by atoms with van der Waals surface area (Å²) in [5, 5.41) is 2.79. The fraction of sp³-hybridized carbons (Fsp3) is 0.556. The van der Waals surface area contributed by atoms with Gasteiger partial charge in [0.05, 0.1) is 17.0 Å². The first-order valence-corrected chi connectivity index (χ1v) is 5.93. The summed E-state index contributed by atoms with van der Waals surface area (Å²) in [6, 6.07) is 1.90. The molecule has 1 aliphatic heterocycles. The van der Waals surface area contributed by atoms with Crippen LogP contribution in [0.2, 0.25) is 5.02 Å². The molecule has 0 radical (unpaired) electrons. The van der Waals surface area contributed by atoms with Crippen LogP contribution in [0.25, 0.3) is 0 Å². The molecular formula is C9H10Cl2OS. The minimum absolute atomic E-state index is 0.0231. The Hall–Kier alpha value is 0.240. The van der Waals surface area contributed by atoms with Gasteiger partial charge in [-0.2, -0.15) is 0 Å². The van der Waals surface area contributed by atoms with Crippen molar-refractivity contribution in [3.8, 4) is 0 Å². The lowest BCUT2D eigenvalue weighted by Crippen LogP contribution is -2.06. The van der Waals surface area contributed by atoms with Gasteiger partial charge in [-0.05, 0) is 17.9 Å². The lowest BCUT2D eigenvalue weighted by atomic mass is 10.0. The lowest BCUT2D eigenvalue weighted by Gasteiger charge is -2.13. The molecule has 1 aromatic heterocycles. The molecule has 1 aliphatic rings. The number of rotatable bonds is 2. The molecule has 2 atom stereocenters. The van der Waals surface area contributed by atoms with Gasteiger partial charge in [-0.15, -0.1) is 22.9 Å². The molecule has 0 aliphatic carbocycles. The molecule has 0 bridgehead atoms. The summed E-state index contributed by atoms with van der Waals surface area (Å²) in [6.07, 6.45) is 1.04. The van der Waals surface area contributed by atoms with Gasteiger partial charge in [0, 0.05) is 17.4 Å². The Bertz CT molecular complexity index is 281. The molecule has 4 heteroatoms. The van der Waals surface area contributed by atoms with Crippen LogP contribution in [-0.4, -0.2) is 13.2 Å². The van der Waals surface area contributed by atoms with E-state index in [-0.39, 0.29) is 5.38 Å². The van der Waals surface area contributed by atoms with Crippen molar-refractivity contribution < 1.29 is 4.74 Å². The summed E-state index contributed by atoms with van der Waals surface area (Å²) in [4.78, 5) is 1.08. The van der Waals surface area contributed by atoms with Crippen molar-refractivity contribution in [1.29, 1.82) is 0 Å². The lowest BCUT2D eigenvalue weighted by molar-refractivity contribution is 0.185. The van der Waals surface area contributed by atoms with Crippen molar-refractivity contribution in [3.05, 3.63) is 21.3 Å². The molecule has 1 fully saturated rings. The van der Waals surface area contributed by atoms with Gasteiger partial charge < -0.3 is 4.74 Å². The van der Waals surface area contributed by atoms with Crippen LogP contribution in [0.5, 0.6) is 0 Å². The average molecular weight is 237 g/mol. The maximum absolute atomic E-state index is 6.31. The maximum Gasteiger partial charge on any atom is 0.0744 e. The van der Waals surface area contributed by atoms with E-state index in [0.29, 0.717) is 5.92 Å². The minimum Gasteiger partial charge on any atom is -0.381 e. The second kappa shape index (κ2) is 4.18. The highest BCUT2D eigenvalue weighted by molar-refractivity contribution is 7.11. The van der Waals surface area contributed by atoms with Crippen LogP contribution >= 0.6 is 34.5 Å². The van der Waals surface area contributed by atoms with E-state index < -0.39 is 0 Å². The maximum atomic E-state index is 6.31. The van der Waals surface area contributed by atoms with Crippen LogP contribution in [0, 0.1) is 5.92 Å². The molecule has 2 heterocycles. The number of alkyl halides is 1. The quantitative estimate of drug-likeness (QED) is 0.712. The summed E-state index contributed by atoms with van der Waals surface area (Å²) in [5.74, 6) is 0.429. The molecule has 0 amide bonds. The Kier molecular flexibility index (Phi) is 3.14. The standard InChI is InChI=1S/C9H10Cl2OS/c10-7-2-4-13-9(7)8(11)6-1-3-12-5-6/h2,4,6,8H,1,3,5H2. The van der Waals surface area contributed by atoms with Gasteiger partial charge in [0.25, 0.3) is 0 Å². The van der Waals surface area contributed by atoms with Gasteiger partial charge in [-0.25, -0.2) is 0 Å². The van der Waals surface area contributed by atoms with Crippen molar-refractivity contribution in [3.63, 3.8) is 0 Å². The first kappa shape index (κ1) is 9.78. The van der Waals surface area contributed by atoms with Crippen molar-refractivity contribution in [1.82, 2.24) is 0 Å². The molecule has 1 aromatic rings. The second-order valence-corrected chi connectivity index (χ2v) is 4.98. The Morgan fingerprint density at radius 1 is 1.62 bits per heavy atom. The molecule has 13 heavy (non-hydrogen) atoms. The third kappa shape index (κ3) is 2.01. The molecule has 1 nitrogen and oxygen atoms in total. The zero-order valence-corrected chi connectivity index (χ0v) is 9.33. The van der Waals surface area contributed by atoms with E-state index in [1.807, 2.05) is 11.4 Å². The Balaban J connectivity index is 2.12. The fourth-order valence-corrected chi connectivity index (χ4v) is 3.27. The smallest absolute Gasteiger partial charge is 0.0744 e. The highest BCUT2D eigenvalue weighted by Crippen LogP contribution is 2.40. The van der Waals surface area contributed by atoms with E-state index in [9.17, 15) is 0 Å². The molecule has 1 saturated heterocycles. The van der Waals surface area contributed by atoms with E-state index in [1.165, 1.54) is 0 Å². The predicted octanol–water partition coefficient (Wildman–Crippen LogP) is 3.72. The largest absolute Gasteiger partial charge is 0.381 e. The third-order valence-electron chi connectivity index (χ3n) is 2.27. The van der Waals surface area contributed by atoms with Gasteiger partial charge in [0.15, 0.2) is 0 Å². The second-order valence-electron chi connectivity index (χ2n) is 3.16. The number of hydrogen-bond acceptors (Lipinski definition) is 2. The van der Waals surface area contributed by atoms with Crippen LogP contribution in [0.3, 0.4) is 0 Å². The fourth-order valence-electron chi connectivity index (χ4n) is 1.50. The first-order chi connectivity index (χ1) is 6.29. The molecule has 72 valence electrons. The number of thiophene rings is 1. The first-order valence-electron chi connectivity index (χ1n) is 4.23. The zero-order chi connectivity index (χ0) is 9.26. The van der Waals surface area contributed by atoms with Crippen molar-refractivity contribution in [2.75, 3.05) is 13.2 Å². The van der Waals surface area contributed by atoms with Crippen molar-refractivity contribution >= 4 is 34.5 Å². The van der Waals surface area contributed by atoms with Crippen LogP contribution in [0.4, 0.5) is 0 Å². The molecule has 0 saturated carbocycles. The third-order valence-corrected chi connectivity index (χ3v) is 4.42. The van der Waals surface area contributed by atoms with Crippen LogP contribution in [0.1, 0.15) is 16.7 Å². The van der Waals surface area contributed by atoms with Gasteiger partial charge >= 0.3 is 0 Å². The molecule has 0 aromatic carbocycles. The van der Waals surface area contributed by atoms with Gasteiger partial charge in [-0.1, -0.05) is 11.6 Å². The van der Waals surface area contributed by atoms with E-state index in [4.69, 9.17) is 27.9 Å². The van der Waals surface area contributed by atoms with E-state index in [2.05, 4.69) is 0 Å². The highest BCUT2D eigenvalue weighted by atomic mass is 35.5. The van der Waals surface area contributed by atoms with Gasteiger partial charge in [0.2, 0.25) is 0 Å². The molecule has 2 rings (SSSR count). The van der Waals surface area contributed by atoms with Crippen LogP contribution in [-0.2, 0) is 4.74 Å². The van der Waals surface area contributed by atoms with Gasteiger partial charge in [0.1, 0.15) is 0 Å². The number of halogens is 2. The monoisotopic (exact) mass is 236 g/mol. The molecule has 2 unspecified atom stereocenters. The normalized spacial score (nSPS) is 24.9. The topological polar surface area (TPSA) is 9.23 Å². The minimum atomic E-state index is 0.0231. The predicted molar refractivity (Wildman–Crippen MR) is 56.8 cm³/mol. The highest BCUT2D eigenvalue weighted by Gasteiger charge is 2.27.